The van der Waals surface area contributed by atoms with Crippen LogP contribution in [0.3, 0.4) is 0 Å². The van der Waals surface area contributed by atoms with Crippen LogP contribution in [0.15, 0.2) is 4.52 Å². The maximum absolute atomic E-state index is 5.40. The van der Waals surface area contributed by atoms with Crippen LogP contribution in [0.5, 0.6) is 0 Å². The predicted octanol–water partition coefficient (Wildman–Crippen LogP) is 1.98. The molecule has 17 heavy (non-hydrogen) atoms. The number of nitrogens with one attached hydrogen (secondary N) is 1. The van der Waals surface area contributed by atoms with E-state index in [1.165, 1.54) is 12.8 Å². The summed E-state index contributed by atoms with van der Waals surface area (Å²) >= 11 is 0. The Morgan fingerprint density at radius 1 is 1.47 bits per heavy atom. The monoisotopic (exact) mass is 239 g/mol. The molecule has 1 fully saturated rings. The second-order valence-corrected chi connectivity index (χ2v) is 4.78. The molecule has 1 atom stereocenters. The van der Waals surface area contributed by atoms with Crippen molar-refractivity contribution in [2.24, 2.45) is 0 Å². The van der Waals surface area contributed by atoms with Gasteiger partial charge in [0.2, 0.25) is 5.89 Å². The standard InChI is InChI=1S/C12H21N3O2/c1-3-8-16-9-10-14-11(17-15-10)12(2)6-4-5-7-13-12/h13H,3-9H2,1-2H3. The molecule has 96 valence electrons. The van der Waals surface area contributed by atoms with Gasteiger partial charge in [-0.1, -0.05) is 12.1 Å². The molecule has 1 aromatic rings. The van der Waals surface area contributed by atoms with E-state index >= 15 is 0 Å². The molecule has 0 aliphatic carbocycles. The molecule has 0 saturated carbocycles. The van der Waals surface area contributed by atoms with Crippen molar-refractivity contribution in [1.29, 1.82) is 0 Å². The molecule has 0 spiro atoms. The van der Waals surface area contributed by atoms with E-state index in [9.17, 15) is 0 Å². The second kappa shape index (κ2) is 5.60. The highest BCUT2D eigenvalue weighted by atomic mass is 16.5. The normalized spacial score (nSPS) is 25.1. The van der Waals surface area contributed by atoms with Crippen LogP contribution in [-0.4, -0.2) is 23.3 Å². The lowest BCUT2D eigenvalue weighted by Gasteiger charge is -2.31. The zero-order valence-electron chi connectivity index (χ0n) is 10.7. The van der Waals surface area contributed by atoms with E-state index in [1.807, 2.05) is 0 Å². The molecule has 1 unspecified atom stereocenters. The third-order valence-corrected chi connectivity index (χ3v) is 3.14. The average Bonchev–Trinajstić information content (AvgIpc) is 2.80. The highest BCUT2D eigenvalue weighted by molar-refractivity contribution is 5.02. The molecule has 1 N–H and O–H groups in total. The fourth-order valence-corrected chi connectivity index (χ4v) is 2.08. The molecule has 2 heterocycles. The molecule has 0 amide bonds. The molecule has 0 radical (unpaired) electrons. The van der Waals surface area contributed by atoms with Gasteiger partial charge in [0.25, 0.3) is 0 Å². The lowest BCUT2D eigenvalue weighted by atomic mass is 9.91. The van der Waals surface area contributed by atoms with E-state index < -0.39 is 0 Å². The van der Waals surface area contributed by atoms with Crippen molar-refractivity contribution >= 4 is 0 Å². The van der Waals surface area contributed by atoms with E-state index in [4.69, 9.17) is 9.26 Å². The number of hydrogen-bond donors (Lipinski definition) is 1. The van der Waals surface area contributed by atoms with Crippen molar-refractivity contribution in [1.82, 2.24) is 15.5 Å². The minimum atomic E-state index is -0.158. The summed E-state index contributed by atoms with van der Waals surface area (Å²) in [5.74, 6) is 1.33. The maximum Gasteiger partial charge on any atom is 0.246 e. The molecular weight excluding hydrogens is 218 g/mol. The van der Waals surface area contributed by atoms with Crippen molar-refractivity contribution in [2.45, 2.75) is 51.7 Å². The largest absolute Gasteiger partial charge is 0.373 e. The van der Waals surface area contributed by atoms with Crippen molar-refractivity contribution in [3.05, 3.63) is 11.7 Å². The third-order valence-electron chi connectivity index (χ3n) is 3.14. The third kappa shape index (κ3) is 3.04. The summed E-state index contributed by atoms with van der Waals surface area (Å²) in [7, 11) is 0. The van der Waals surface area contributed by atoms with Gasteiger partial charge in [0.1, 0.15) is 6.61 Å². The minimum Gasteiger partial charge on any atom is -0.373 e. The zero-order valence-corrected chi connectivity index (χ0v) is 10.7. The van der Waals surface area contributed by atoms with E-state index in [-0.39, 0.29) is 5.54 Å². The van der Waals surface area contributed by atoms with Gasteiger partial charge in [-0.3, -0.25) is 0 Å². The summed E-state index contributed by atoms with van der Waals surface area (Å²) in [5, 5.41) is 7.41. The Bertz CT molecular complexity index is 345. The number of piperidine rings is 1. The van der Waals surface area contributed by atoms with Crippen LogP contribution in [0.25, 0.3) is 0 Å². The Labute approximate surface area is 102 Å². The number of aromatic nitrogens is 2. The molecule has 5 heteroatoms. The zero-order chi connectivity index (χ0) is 12.1. The SMILES string of the molecule is CCCOCc1noc(C2(C)CCCCN2)n1. The summed E-state index contributed by atoms with van der Waals surface area (Å²) in [4.78, 5) is 4.41. The summed E-state index contributed by atoms with van der Waals surface area (Å²) in [5.41, 5.74) is -0.158. The molecule has 0 aromatic carbocycles. The summed E-state index contributed by atoms with van der Waals surface area (Å²) in [6, 6.07) is 0. The Balaban J connectivity index is 1.96. The van der Waals surface area contributed by atoms with Crippen molar-refractivity contribution in [3.63, 3.8) is 0 Å². The van der Waals surface area contributed by atoms with Crippen LogP contribution >= 0.6 is 0 Å². The van der Waals surface area contributed by atoms with Crippen LogP contribution < -0.4 is 5.32 Å². The smallest absolute Gasteiger partial charge is 0.246 e. The fourth-order valence-electron chi connectivity index (χ4n) is 2.08. The topological polar surface area (TPSA) is 60.2 Å². The van der Waals surface area contributed by atoms with Crippen molar-refractivity contribution in [2.75, 3.05) is 13.2 Å². The van der Waals surface area contributed by atoms with Gasteiger partial charge in [0, 0.05) is 6.61 Å². The molecule has 1 aromatic heterocycles. The summed E-state index contributed by atoms with van der Waals surface area (Å²) < 4.78 is 10.7. The average molecular weight is 239 g/mol. The molecule has 1 saturated heterocycles. The Morgan fingerprint density at radius 2 is 2.35 bits per heavy atom. The molecule has 0 bridgehead atoms. The second-order valence-electron chi connectivity index (χ2n) is 4.78. The number of hydrogen-bond acceptors (Lipinski definition) is 5. The van der Waals surface area contributed by atoms with Crippen LogP contribution in [0, 0.1) is 0 Å². The van der Waals surface area contributed by atoms with Crippen LogP contribution in [0.4, 0.5) is 0 Å². The van der Waals surface area contributed by atoms with Crippen molar-refractivity contribution in [3.8, 4) is 0 Å². The first-order chi connectivity index (χ1) is 8.24. The molecule has 1 aliphatic heterocycles. The van der Waals surface area contributed by atoms with Gasteiger partial charge >= 0.3 is 0 Å². The first-order valence-corrected chi connectivity index (χ1v) is 6.40. The Hall–Kier alpha value is -0.940. The van der Waals surface area contributed by atoms with E-state index in [1.54, 1.807) is 0 Å². The van der Waals surface area contributed by atoms with E-state index in [0.717, 1.165) is 26.0 Å². The highest BCUT2D eigenvalue weighted by Gasteiger charge is 2.33. The highest BCUT2D eigenvalue weighted by Crippen LogP contribution is 2.28. The van der Waals surface area contributed by atoms with Gasteiger partial charge in [-0.15, -0.1) is 0 Å². The van der Waals surface area contributed by atoms with Gasteiger partial charge in [-0.25, -0.2) is 0 Å². The van der Waals surface area contributed by atoms with Gasteiger partial charge in [-0.05, 0) is 39.2 Å². The fraction of sp³-hybridized carbons (Fsp3) is 0.833. The van der Waals surface area contributed by atoms with Crippen molar-refractivity contribution < 1.29 is 9.26 Å². The number of rotatable bonds is 5. The Morgan fingerprint density at radius 3 is 3.06 bits per heavy atom. The maximum atomic E-state index is 5.40. The number of nitrogens with zero attached hydrogens (tertiary/aromatic N) is 2. The van der Waals surface area contributed by atoms with Crippen LogP contribution in [-0.2, 0) is 16.9 Å². The van der Waals surface area contributed by atoms with Gasteiger partial charge in [0.05, 0.1) is 5.54 Å². The first-order valence-electron chi connectivity index (χ1n) is 6.40. The van der Waals surface area contributed by atoms with Gasteiger partial charge in [-0.2, -0.15) is 4.98 Å². The Kier molecular flexibility index (Phi) is 4.12. The summed E-state index contributed by atoms with van der Waals surface area (Å²) in [6.45, 7) is 6.39. The molecular formula is C12H21N3O2. The number of ether oxygens (including phenoxy) is 1. The van der Waals surface area contributed by atoms with Gasteiger partial charge in [0.15, 0.2) is 5.82 Å². The quantitative estimate of drug-likeness (QED) is 0.796. The van der Waals surface area contributed by atoms with E-state index in [2.05, 4.69) is 29.3 Å². The summed E-state index contributed by atoms with van der Waals surface area (Å²) in [6.07, 6.45) is 4.47. The molecule has 2 rings (SSSR count). The van der Waals surface area contributed by atoms with Gasteiger partial charge < -0.3 is 14.6 Å². The molecule has 5 nitrogen and oxygen atoms in total. The minimum absolute atomic E-state index is 0.158. The lowest BCUT2D eigenvalue weighted by Crippen LogP contribution is -2.43. The molecule has 1 aliphatic rings. The van der Waals surface area contributed by atoms with Crippen LogP contribution in [0.1, 0.15) is 51.2 Å². The lowest BCUT2D eigenvalue weighted by molar-refractivity contribution is 0.114. The predicted molar refractivity (Wildman–Crippen MR) is 63.5 cm³/mol. The first kappa shape index (κ1) is 12.5. The van der Waals surface area contributed by atoms with Crippen LogP contribution in [0.2, 0.25) is 0 Å². The van der Waals surface area contributed by atoms with E-state index in [0.29, 0.717) is 18.3 Å².